The smallest absolute Gasteiger partial charge is 0.0926 e. The van der Waals surface area contributed by atoms with Gasteiger partial charge in [-0.15, -0.1) is 11.3 Å². The van der Waals surface area contributed by atoms with E-state index in [1.165, 1.54) is 55.9 Å². The lowest BCUT2D eigenvalue weighted by atomic mass is 10.0. The molecule has 1 aliphatic carbocycles. The minimum Gasteiger partial charge on any atom is -0.313 e. The summed E-state index contributed by atoms with van der Waals surface area (Å²) in [6.45, 7) is 5.66. The van der Waals surface area contributed by atoms with E-state index >= 15 is 0 Å². The Labute approximate surface area is 120 Å². The summed E-state index contributed by atoms with van der Waals surface area (Å²) in [5.74, 6) is 0. The van der Waals surface area contributed by atoms with E-state index in [0.29, 0.717) is 6.04 Å². The van der Waals surface area contributed by atoms with E-state index < -0.39 is 0 Å². The van der Waals surface area contributed by atoms with Gasteiger partial charge in [-0.1, -0.05) is 13.3 Å². The van der Waals surface area contributed by atoms with Crippen LogP contribution < -0.4 is 5.32 Å². The highest BCUT2D eigenvalue weighted by atomic mass is 32.1. The number of hydrogen-bond acceptors (Lipinski definition) is 4. The van der Waals surface area contributed by atoms with Crippen molar-refractivity contribution in [3.63, 3.8) is 0 Å². The third-order valence-electron chi connectivity index (χ3n) is 4.20. The van der Waals surface area contributed by atoms with Gasteiger partial charge in [-0.25, -0.2) is 4.98 Å². The molecule has 0 aromatic carbocycles. The Kier molecular flexibility index (Phi) is 4.51. The van der Waals surface area contributed by atoms with Crippen molar-refractivity contribution in [1.82, 2.24) is 15.2 Å². The highest BCUT2D eigenvalue weighted by Gasteiger charge is 2.31. The van der Waals surface area contributed by atoms with Gasteiger partial charge in [-0.2, -0.15) is 0 Å². The molecule has 1 saturated carbocycles. The molecular weight excluding hydrogens is 254 g/mol. The first-order valence-electron chi connectivity index (χ1n) is 7.76. The first-order chi connectivity index (χ1) is 9.35. The van der Waals surface area contributed by atoms with Gasteiger partial charge in [-0.05, 0) is 38.6 Å². The van der Waals surface area contributed by atoms with E-state index in [9.17, 15) is 0 Å². The van der Waals surface area contributed by atoms with Crippen molar-refractivity contribution in [2.75, 3.05) is 13.1 Å². The largest absolute Gasteiger partial charge is 0.313 e. The molecule has 19 heavy (non-hydrogen) atoms. The zero-order valence-electron chi connectivity index (χ0n) is 11.9. The Balaban J connectivity index is 1.57. The first-order valence-corrected chi connectivity index (χ1v) is 8.64. The maximum absolute atomic E-state index is 4.73. The molecule has 3 nitrogen and oxygen atoms in total. The zero-order chi connectivity index (χ0) is 13.1. The van der Waals surface area contributed by atoms with E-state index in [4.69, 9.17) is 4.98 Å². The fourth-order valence-electron chi connectivity index (χ4n) is 2.94. The molecule has 106 valence electrons. The van der Waals surface area contributed by atoms with Gasteiger partial charge in [0, 0.05) is 30.6 Å². The SMILES string of the molecule is CCc1nc(CN(CC2CCCCN2)C2CC2)cs1. The van der Waals surface area contributed by atoms with Crippen molar-refractivity contribution >= 4 is 11.3 Å². The number of aromatic nitrogens is 1. The van der Waals surface area contributed by atoms with Crippen LogP contribution in [-0.2, 0) is 13.0 Å². The number of nitrogens with one attached hydrogen (secondary N) is 1. The van der Waals surface area contributed by atoms with Crippen molar-refractivity contribution in [3.8, 4) is 0 Å². The molecule has 2 heterocycles. The van der Waals surface area contributed by atoms with Crippen LogP contribution in [0.3, 0.4) is 0 Å². The fourth-order valence-corrected chi connectivity index (χ4v) is 3.67. The van der Waals surface area contributed by atoms with E-state index in [0.717, 1.165) is 19.0 Å². The average molecular weight is 279 g/mol. The van der Waals surface area contributed by atoms with Gasteiger partial charge in [0.2, 0.25) is 0 Å². The van der Waals surface area contributed by atoms with Gasteiger partial charge in [-0.3, -0.25) is 4.90 Å². The summed E-state index contributed by atoms with van der Waals surface area (Å²) in [4.78, 5) is 7.39. The van der Waals surface area contributed by atoms with Crippen LogP contribution in [0.4, 0.5) is 0 Å². The normalized spacial score (nSPS) is 24.0. The van der Waals surface area contributed by atoms with Crippen LogP contribution in [-0.4, -0.2) is 35.1 Å². The molecular formula is C15H25N3S. The maximum atomic E-state index is 4.73. The third kappa shape index (κ3) is 3.77. The molecule has 3 rings (SSSR count). The van der Waals surface area contributed by atoms with Gasteiger partial charge in [0.25, 0.3) is 0 Å². The molecule has 0 radical (unpaired) electrons. The van der Waals surface area contributed by atoms with Crippen molar-refractivity contribution in [1.29, 1.82) is 0 Å². The Hall–Kier alpha value is -0.450. The monoisotopic (exact) mass is 279 g/mol. The Morgan fingerprint density at radius 1 is 1.37 bits per heavy atom. The number of rotatable bonds is 6. The lowest BCUT2D eigenvalue weighted by Crippen LogP contribution is -2.44. The van der Waals surface area contributed by atoms with Crippen molar-refractivity contribution in [2.24, 2.45) is 0 Å². The molecule has 1 unspecified atom stereocenters. The molecule has 2 aliphatic rings. The summed E-state index contributed by atoms with van der Waals surface area (Å²) in [6.07, 6.45) is 7.94. The van der Waals surface area contributed by atoms with Crippen LogP contribution in [0.25, 0.3) is 0 Å². The summed E-state index contributed by atoms with van der Waals surface area (Å²) >= 11 is 1.82. The number of nitrogens with zero attached hydrogens (tertiary/aromatic N) is 2. The lowest BCUT2D eigenvalue weighted by molar-refractivity contribution is 0.206. The summed E-state index contributed by atoms with van der Waals surface area (Å²) < 4.78 is 0. The van der Waals surface area contributed by atoms with Crippen molar-refractivity contribution in [3.05, 3.63) is 16.1 Å². The molecule has 1 aromatic rings. The summed E-state index contributed by atoms with van der Waals surface area (Å²) in [6, 6.07) is 1.54. The molecule has 0 bridgehead atoms. The van der Waals surface area contributed by atoms with Gasteiger partial charge in [0.15, 0.2) is 0 Å². The van der Waals surface area contributed by atoms with E-state index in [-0.39, 0.29) is 0 Å². The topological polar surface area (TPSA) is 28.2 Å². The molecule has 1 saturated heterocycles. The average Bonchev–Trinajstić information content (AvgIpc) is 3.20. The summed E-state index contributed by atoms with van der Waals surface area (Å²) in [7, 11) is 0. The number of thiazole rings is 1. The standard InChI is InChI=1S/C15H25N3S/c1-2-15-17-13(11-19-15)10-18(14-6-7-14)9-12-5-3-4-8-16-12/h11-12,14,16H,2-10H2,1H3. The second-order valence-corrected chi connectivity index (χ2v) is 6.84. The number of aryl methyl sites for hydroxylation is 1. The predicted octanol–water partition coefficient (Wildman–Crippen LogP) is 2.81. The zero-order valence-corrected chi connectivity index (χ0v) is 12.7. The van der Waals surface area contributed by atoms with Crippen LogP contribution in [0.15, 0.2) is 5.38 Å². The van der Waals surface area contributed by atoms with Gasteiger partial charge >= 0.3 is 0 Å². The Bertz CT molecular complexity index is 394. The second kappa shape index (κ2) is 6.33. The second-order valence-electron chi connectivity index (χ2n) is 5.89. The first kappa shape index (κ1) is 13.5. The number of piperidine rings is 1. The maximum Gasteiger partial charge on any atom is 0.0926 e. The van der Waals surface area contributed by atoms with Gasteiger partial charge in [0.1, 0.15) is 0 Å². The molecule has 0 spiro atoms. The molecule has 1 atom stereocenters. The predicted molar refractivity (Wildman–Crippen MR) is 80.6 cm³/mol. The van der Waals surface area contributed by atoms with Crippen molar-refractivity contribution in [2.45, 2.75) is 64.1 Å². The van der Waals surface area contributed by atoms with E-state index in [1.54, 1.807) is 0 Å². The molecule has 2 fully saturated rings. The summed E-state index contributed by atoms with van der Waals surface area (Å²) in [5.41, 5.74) is 1.28. The number of hydrogen-bond donors (Lipinski definition) is 1. The minimum atomic E-state index is 0.707. The highest BCUT2D eigenvalue weighted by Crippen LogP contribution is 2.29. The summed E-state index contributed by atoms with van der Waals surface area (Å²) in [5, 5.41) is 7.21. The van der Waals surface area contributed by atoms with Crippen LogP contribution in [0.5, 0.6) is 0 Å². The molecule has 1 aromatic heterocycles. The Morgan fingerprint density at radius 2 is 2.26 bits per heavy atom. The molecule has 1 N–H and O–H groups in total. The minimum absolute atomic E-state index is 0.707. The van der Waals surface area contributed by atoms with Crippen LogP contribution in [0.2, 0.25) is 0 Å². The highest BCUT2D eigenvalue weighted by molar-refractivity contribution is 7.09. The van der Waals surface area contributed by atoms with E-state index in [2.05, 4.69) is 22.5 Å². The van der Waals surface area contributed by atoms with Crippen LogP contribution >= 0.6 is 11.3 Å². The van der Waals surface area contributed by atoms with Crippen LogP contribution in [0, 0.1) is 0 Å². The van der Waals surface area contributed by atoms with Gasteiger partial charge in [0.05, 0.1) is 10.7 Å². The lowest BCUT2D eigenvalue weighted by Gasteiger charge is -2.30. The Morgan fingerprint density at radius 3 is 2.89 bits per heavy atom. The van der Waals surface area contributed by atoms with Crippen molar-refractivity contribution < 1.29 is 0 Å². The molecule has 0 amide bonds. The van der Waals surface area contributed by atoms with E-state index in [1.807, 2.05) is 11.3 Å². The van der Waals surface area contributed by atoms with Crippen LogP contribution in [0.1, 0.15) is 49.7 Å². The molecule has 1 aliphatic heterocycles. The fraction of sp³-hybridized carbons (Fsp3) is 0.800. The third-order valence-corrected chi connectivity index (χ3v) is 5.24. The quantitative estimate of drug-likeness (QED) is 0.868. The van der Waals surface area contributed by atoms with Gasteiger partial charge < -0.3 is 5.32 Å². The molecule has 4 heteroatoms.